The molecule has 9 nitrogen and oxygen atoms in total. The summed E-state index contributed by atoms with van der Waals surface area (Å²) in [7, 11) is 3.25. The highest BCUT2D eigenvalue weighted by Crippen LogP contribution is 2.44. The van der Waals surface area contributed by atoms with Crippen LogP contribution in [0.5, 0.6) is 23.0 Å². The van der Waals surface area contributed by atoms with Crippen LogP contribution in [0.4, 0.5) is 0 Å². The predicted molar refractivity (Wildman–Crippen MR) is 181 cm³/mol. The van der Waals surface area contributed by atoms with Crippen LogP contribution in [0.15, 0.2) is 54.6 Å². The molecule has 0 aromatic heterocycles. The van der Waals surface area contributed by atoms with Crippen molar-refractivity contribution in [1.29, 1.82) is 0 Å². The zero-order chi connectivity index (χ0) is 34.6. The Morgan fingerprint density at radius 2 is 1.54 bits per heavy atom. The Morgan fingerprint density at radius 1 is 0.979 bits per heavy atom. The van der Waals surface area contributed by atoms with Gasteiger partial charge in [-0.05, 0) is 64.8 Å². The quantitative estimate of drug-likeness (QED) is 0.160. The van der Waals surface area contributed by atoms with Crippen molar-refractivity contribution in [3.63, 3.8) is 0 Å². The van der Waals surface area contributed by atoms with E-state index in [1.165, 1.54) is 0 Å². The van der Waals surface area contributed by atoms with Crippen molar-refractivity contribution in [2.24, 2.45) is 17.3 Å². The predicted octanol–water partition coefficient (Wildman–Crippen LogP) is 7.34. The average molecular weight is 658 g/mol. The number of esters is 1. The number of nitrogens with zero attached hydrogens (tertiary/aromatic N) is 1. The molecule has 1 fully saturated rings. The largest absolute Gasteiger partial charge is 0.497 e. The van der Waals surface area contributed by atoms with Crippen LogP contribution >= 0.6 is 0 Å². The number of ether oxygens (including phenoxy) is 6. The third kappa shape index (κ3) is 7.56. The Kier molecular flexibility index (Phi) is 10.9. The number of benzene rings is 3. The van der Waals surface area contributed by atoms with E-state index < -0.39 is 30.3 Å². The van der Waals surface area contributed by atoms with Gasteiger partial charge in [0.15, 0.2) is 0 Å². The monoisotopic (exact) mass is 657 g/mol. The van der Waals surface area contributed by atoms with Crippen LogP contribution in [-0.2, 0) is 29.1 Å². The number of hydrogen-bond donors (Lipinski definition) is 1. The van der Waals surface area contributed by atoms with Gasteiger partial charge in [-0.25, -0.2) is 11.4 Å². The number of aliphatic hydroxyl groups is 1. The maximum Gasteiger partial charge on any atom is 0.342 e. The summed E-state index contributed by atoms with van der Waals surface area (Å²) in [5.41, 5.74) is 3.63. The molecule has 0 spiro atoms. The molecule has 9 heteroatoms. The molecule has 0 bridgehead atoms. The van der Waals surface area contributed by atoms with E-state index in [0.29, 0.717) is 42.9 Å². The molecule has 3 unspecified atom stereocenters. The van der Waals surface area contributed by atoms with Crippen molar-refractivity contribution in [3.05, 3.63) is 93.8 Å². The molecule has 0 amide bonds. The molecule has 6 atom stereocenters. The zero-order valence-corrected chi connectivity index (χ0v) is 28.9. The Labute approximate surface area is 283 Å². The topological polar surface area (TPSA) is 97.0 Å². The summed E-state index contributed by atoms with van der Waals surface area (Å²) >= 11 is 0. The van der Waals surface area contributed by atoms with Gasteiger partial charge < -0.3 is 33.5 Å². The molecule has 0 saturated carbocycles. The van der Waals surface area contributed by atoms with Crippen LogP contribution in [0.25, 0.3) is 4.85 Å². The normalized spacial score (nSPS) is 22.8. The molecule has 5 rings (SSSR count). The van der Waals surface area contributed by atoms with Gasteiger partial charge in [0.1, 0.15) is 47.9 Å². The molecule has 3 aromatic rings. The summed E-state index contributed by atoms with van der Waals surface area (Å²) in [5.74, 6) is 1.86. The van der Waals surface area contributed by atoms with Gasteiger partial charge in [0.2, 0.25) is 0 Å². The minimum atomic E-state index is -0.814. The Balaban J connectivity index is 1.40. The third-order valence-corrected chi connectivity index (χ3v) is 10.4. The van der Waals surface area contributed by atoms with Gasteiger partial charge >= 0.3 is 12.2 Å². The van der Waals surface area contributed by atoms with Crippen LogP contribution in [0, 0.1) is 30.7 Å². The van der Waals surface area contributed by atoms with Crippen molar-refractivity contribution in [2.75, 3.05) is 14.2 Å². The van der Waals surface area contributed by atoms with E-state index in [2.05, 4.69) is 25.6 Å². The van der Waals surface area contributed by atoms with Gasteiger partial charge in [-0.15, -0.1) is 0 Å². The highest BCUT2D eigenvalue weighted by molar-refractivity contribution is 5.96. The lowest BCUT2D eigenvalue weighted by Crippen LogP contribution is -2.48. The fourth-order valence-corrected chi connectivity index (χ4v) is 6.49. The first-order chi connectivity index (χ1) is 22.9. The number of aliphatic hydroxyl groups excluding tert-OH is 1. The number of rotatable bonds is 12. The van der Waals surface area contributed by atoms with Gasteiger partial charge in [0.05, 0.1) is 32.8 Å². The first-order valence-corrected chi connectivity index (χ1v) is 16.5. The fraction of sp³-hybridized carbons (Fsp3) is 0.487. The summed E-state index contributed by atoms with van der Waals surface area (Å²) in [6.07, 6.45) is -0.819. The maximum absolute atomic E-state index is 13.7. The van der Waals surface area contributed by atoms with E-state index in [-0.39, 0.29) is 24.0 Å². The highest BCUT2D eigenvalue weighted by atomic mass is 16.6. The summed E-state index contributed by atoms with van der Waals surface area (Å²) in [5, 5.41) is 11.5. The second kappa shape index (κ2) is 14.9. The summed E-state index contributed by atoms with van der Waals surface area (Å²) in [6, 6.07) is 17.0. The van der Waals surface area contributed by atoms with E-state index in [4.69, 9.17) is 35.0 Å². The number of hydrogen-bond acceptors (Lipinski definition) is 8. The van der Waals surface area contributed by atoms with Crippen LogP contribution < -0.4 is 18.9 Å². The van der Waals surface area contributed by atoms with Gasteiger partial charge in [-0.1, -0.05) is 52.0 Å². The van der Waals surface area contributed by atoms with E-state index in [1.54, 1.807) is 20.3 Å². The molecule has 2 aliphatic rings. The molecule has 2 aliphatic heterocycles. The standard InChI is InChI=1S/C39H47NO8/c1-23-17-36(40-6)48-35(39(23,4)5)19-31(41)25(3)33-18-30-24(2)32(45-21-26-9-13-28(43-7)14-10-26)20-34(37(30)38(42)47-33)46-22-27-11-15-29(44-8)16-12-27/h9-16,20,23,25,31,33,35-36,41H,17-19,21-22H2,1-5,7-8H3/t23-,25-,31?,33?,35?,36+/m1/s1. The van der Waals surface area contributed by atoms with Crippen LogP contribution in [0.2, 0.25) is 0 Å². The number of carbonyl (C=O) groups excluding carboxylic acids is 1. The second-order valence-electron chi connectivity index (χ2n) is 13.6. The maximum atomic E-state index is 13.7. The van der Waals surface area contributed by atoms with Gasteiger partial charge in [0, 0.05) is 24.8 Å². The molecule has 0 aliphatic carbocycles. The Morgan fingerprint density at radius 3 is 2.08 bits per heavy atom. The number of methoxy groups -OCH3 is 2. The van der Waals surface area contributed by atoms with E-state index >= 15 is 0 Å². The molecule has 3 aromatic carbocycles. The van der Waals surface area contributed by atoms with E-state index in [0.717, 1.165) is 33.8 Å². The van der Waals surface area contributed by atoms with Crippen molar-refractivity contribution in [2.45, 2.75) is 91.6 Å². The van der Waals surface area contributed by atoms with Crippen LogP contribution in [-0.4, -0.2) is 49.8 Å². The van der Waals surface area contributed by atoms with Crippen molar-refractivity contribution in [1.82, 2.24) is 0 Å². The average Bonchev–Trinajstić information content (AvgIpc) is 3.09. The lowest BCUT2D eigenvalue weighted by atomic mass is 9.69. The molecule has 256 valence electrons. The van der Waals surface area contributed by atoms with Gasteiger partial charge in [0.25, 0.3) is 0 Å². The van der Waals surface area contributed by atoms with Gasteiger partial charge in [-0.2, -0.15) is 0 Å². The Bertz CT molecular complexity index is 1610. The summed E-state index contributed by atoms with van der Waals surface area (Å²) in [6.45, 7) is 18.3. The molecule has 1 N–H and O–H groups in total. The minimum Gasteiger partial charge on any atom is -0.497 e. The molecule has 0 radical (unpaired) electrons. The first kappa shape index (κ1) is 35.1. The summed E-state index contributed by atoms with van der Waals surface area (Å²) < 4.78 is 35.4. The smallest absolute Gasteiger partial charge is 0.342 e. The summed E-state index contributed by atoms with van der Waals surface area (Å²) in [4.78, 5) is 17.4. The fourth-order valence-electron chi connectivity index (χ4n) is 6.49. The van der Waals surface area contributed by atoms with E-state index in [9.17, 15) is 9.90 Å². The lowest BCUT2D eigenvalue weighted by molar-refractivity contribution is -0.147. The molecular weight excluding hydrogens is 610 g/mol. The third-order valence-electron chi connectivity index (χ3n) is 10.4. The van der Waals surface area contributed by atoms with Crippen LogP contribution in [0.3, 0.4) is 0 Å². The van der Waals surface area contributed by atoms with Crippen molar-refractivity contribution < 1.29 is 38.3 Å². The SMILES string of the molecule is [C-]#[N+][C@@H]1C[C@@H](C)C(C)(C)C(CC(O)[C@@H](C)C2Cc3c(C)c(OCc4ccc(OC)cc4)cc(OCc4ccc(OC)cc4)c3C(=O)O2)O1. The lowest BCUT2D eigenvalue weighted by Gasteiger charge is -2.45. The van der Waals surface area contributed by atoms with Crippen LogP contribution in [0.1, 0.15) is 73.1 Å². The second-order valence-corrected chi connectivity index (χ2v) is 13.6. The number of fused-ring (bicyclic) bond motifs is 1. The Hall–Kier alpha value is -4.26. The highest BCUT2D eigenvalue weighted by Gasteiger charge is 2.47. The molecule has 1 saturated heterocycles. The van der Waals surface area contributed by atoms with E-state index in [1.807, 2.05) is 62.4 Å². The molecule has 48 heavy (non-hydrogen) atoms. The van der Waals surface area contributed by atoms with Gasteiger partial charge in [-0.3, -0.25) is 4.85 Å². The van der Waals surface area contributed by atoms with Crippen molar-refractivity contribution in [3.8, 4) is 23.0 Å². The first-order valence-electron chi connectivity index (χ1n) is 16.5. The minimum absolute atomic E-state index is 0.222. The number of carbonyl (C=O) groups is 1. The number of cyclic esters (lactones) is 1. The molecular formula is C39H47NO8. The van der Waals surface area contributed by atoms with Crippen molar-refractivity contribution >= 4 is 5.97 Å². The zero-order valence-electron chi connectivity index (χ0n) is 28.9. The molecule has 2 heterocycles.